The second-order valence-electron chi connectivity index (χ2n) is 6.45. The highest BCUT2D eigenvalue weighted by molar-refractivity contribution is 5.98. The highest BCUT2D eigenvalue weighted by Gasteiger charge is 2.20. The van der Waals surface area contributed by atoms with Gasteiger partial charge in [0.1, 0.15) is 5.69 Å². The zero-order valence-corrected chi connectivity index (χ0v) is 15.3. The maximum Gasteiger partial charge on any atom is 0.355 e. The first-order valence-electron chi connectivity index (χ1n) is 8.56. The van der Waals surface area contributed by atoms with Crippen LogP contribution < -0.4 is 10.9 Å². The monoisotopic (exact) mass is 364 g/mol. The summed E-state index contributed by atoms with van der Waals surface area (Å²) in [5.41, 5.74) is 2.21. The fourth-order valence-electron chi connectivity index (χ4n) is 2.70. The van der Waals surface area contributed by atoms with E-state index in [4.69, 9.17) is 4.74 Å². The van der Waals surface area contributed by atoms with Crippen LogP contribution in [0.5, 0.6) is 0 Å². The second-order valence-corrected chi connectivity index (χ2v) is 6.45. The van der Waals surface area contributed by atoms with Gasteiger partial charge >= 0.3 is 5.97 Å². The van der Waals surface area contributed by atoms with E-state index >= 15 is 0 Å². The fraction of sp³-hybridized carbons (Fsp3) is 0.190. The Morgan fingerprint density at radius 1 is 1.07 bits per heavy atom. The number of esters is 1. The smallest absolute Gasteiger partial charge is 0.355 e. The first kappa shape index (κ1) is 18.4. The summed E-state index contributed by atoms with van der Waals surface area (Å²) < 4.78 is 5.22. The number of benzene rings is 2. The molecule has 0 radical (unpaired) electrons. The third-order valence-electron chi connectivity index (χ3n) is 4.28. The molecule has 0 aliphatic heterocycles. The summed E-state index contributed by atoms with van der Waals surface area (Å²) in [6, 6.07) is 14.2. The van der Waals surface area contributed by atoms with Gasteiger partial charge in [-0.15, -0.1) is 0 Å². The molecule has 1 atom stereocenters. The van der Waals surface area contributed by atoms with Crippen molar-refractivity contribution in [2.45, 2.75) is 26.9 Å². The molecule has 1 heterocycles. The van der Waals surface area contributed by atoms with Crippen LogP contribution in [0.4, 0.5) is 5.69 Å². The van der Waals surface area contributed by atoms with E-state index in [1.807, 2.05) is 32.0 Å². The summed E-state index contributed by atoms with van der Waals surface area (Å²) in [4.78, 5) is 39.3. The van der Waals surface area contributed by atoms with Gasteiger partial charge in [0, 0.05) is 11.1 Å². The number of fused-ring (bicyclic) bond motifs is 1. The molecule has 1 amide bonds. The number of anilines is 1. The van der Waals surface area contributed by atoms with Gasteiger partial charge in [-0.1, -0.05) is 30.3 Å². The Labute approximate surface area is 156 Å². The molecule has 2 N–H and O–H groups in total. The maximum atomic E-state index is 12.4. The first-order valence-corrected chi connectivity index (χ1v) is 8.56. The van der Waals surface area contributed by atoms with Crippen LogP contribution in [0.25, 0.3) is 10.8 Å². The summed E-state index contributed by atoms with van der Waals surface area (Å²) in [5, 5.41) is 3.87. The summed E-state index contributed by atoms with van der Waals surface area (Å²) in [6.45, 7) is 5.29. The van der Waals surface area contributed by atoms with Gasteiger partial charge in [0.15, 0.2) is 6.10 Å². The quantitative estimate of drug-likeness (QED) is 0.695. The minimum absolute atomic E-state index is 0.00471. The normalized spacial score (nSPS) is 11.8. The van der Waals surface area contributed by atoms with Crippen molar-refractivity contribution < 1.29 is 14.3 Å². The lowest BCUT2D eigenvalue weighted by atomic mass is 10.1. The third kappa shape index (κ3) is 4.06. The van der Waals surface area contributed by atoms with E-state index in [1.54, 1.807) is 24.3 Å². The van der Waals surface area contributed by atoms with E-state index in [1.165, 1.54) is 13.0 Å². The number of H-pyrrole nitrogens is 1. The Morgan fingerprint density at radius 2 is 1.81 bits per heavy atom. The number of carbonyl (C=O) groups is 2. The zero-order chi connectivity index (χ0) is 19.6. The molecule has 0 aliphatic rings. The molecule has 6 heteroatoms. The van der Waals surface area contributed by atoms with Crippen molar-refractivity contribution in [3.8, 4) is 0 Å². The maximum absolute atomic E-state index is 12.4. The molecule has 1 aromatic heterocycles. The van der Waals surface area contributed by atoms with Crippen molar-refractivity contribution in [3.05, 3.63) is 75.7 Å². The third-order valence-corrected chi connectivity index (χ3v) is 4.28. The van der Waals surface area contributed by atoms with Gasteiger partial charge in [-0.25, -0.2) is 4.79 Å². The first-order chi connectivity index (χ1) is 12.8. The minimum atomic E-state index is -1.02. The Bertz CT molecular complexity index is 1080. The van der Waals surface area contributed by atoms with Crippen molar-refractivity contribution >= 4 is 28.3 Å². The predicted molar refractivity (Wildman–Crippen MR) is 104 cm³/mol. The van der Waals surface area contributed by atoms with E-state index in [2.05, 4.69) is 10.3 Å². The molecule has 3 aromatic rings. The molecule has 0 bridgehead atoms. The summed E-state index contributed by atoms with van der Waals surface area (Å²) in [7, 11) is 0. The van der Waals surface area contributed by atoms with Gasteiger partial charge < -0.3 is 15.0 Å². The lowest BCUT2D eigenvalue weighted by Gasteiger charge is -2.15. The zero-order valence-electron chi connectivity index (χ0n) is 15.3. The van der Waals surface area contributed by atoms with Crippen LogP contribution in [-0.2, 0) is 9.53 Å². The number of hydrogen-bond acceptors (Lipinski definition) is 4. The lowest BCUT2D eigenvalue weighted by Crippen LogP contribution is -2.31. The summed E-state index contributed by atoms with van der Waals surface area (Å²) >= 11 is 0. The van der Waals surface area contributed by atoms with E-state index < -0.39 is 18.0 Å². The van der Waals surface area contributed by atoms with Crippen LogP contribution in [0.3, 0.4) is 0 Å². The standard InChI is InChI=1S/C21H20N2O4/c1-12-8-9-13(2)17(10-12)22-19(24)14(3)27-21(26)18-11-15-6-4-5-7-16(15)20(25)23-18/h4-11,14H,1-3H3,(H,22,24)(H,23,25)/t14-/m1/s1. The van der Waals surface area contributed by atoms with Crippen LogP contribution in [0.1, 0.15) is 28.5 Å². The number of rotatable bonds is 4. The Kier molecular flexibility index (Phi) is 5.07. The molecular formula is C21H20N2O4. The van der Waals surface area contributed by atoms with Crippen LogP contribution in [0.15, 0.2) is 53.3 Å². The van der Waals surface area contributed by atoms with Crippen molar-refractivity contribution in [2.75, 3.05) is 5.32 Å². The number of aryl methyl sites for hydroxylation is 2. The number of hydrogen-bond donors (Lipinski definition) is 2. The Morgan fingerprint density at radius 3 is 2.59 bits per heavy atom. The van der Waals surface area contributed by atoms with Crippen molar-refractivity contribution in [3.63, 3.8) is 0 Å². The summed E-state index contributed by atoms with van der Waals surface area (Å²) in [6.07, 6.45) is -1.02. The van der Waals surface area contributed by atoms with Crippen LogP contribution >= 0.6 is 0 Å². The molecule has 0 fully saturated rings. The average molecular weight is 364 g/mol. The van der Waals surface area contributed by atoms with Crippen molar-refractivity contribution in [1.82, 2.24) is 4.98 Å². The van der Waals surface area contributed by atoms with Crippen molar-refractivity contribution in [2.24, 2.45) is 0 Å². The molecule has 0 saturated heterocycles. The molecule has 0 aliphatic carbocycles. The molecule has 0 spiro atoms. The van der Waals surface area contributed by atoms with Gasteiger partial charge in [-0.2, -0.15) is 0 Å². The highest BCUT2D eigenvalue weighted by Crippen LogP contribution is 2.17. The number of ether oxygens (including phenoxy) is 1. The lowest BCUT2D eigenvalue weighted by molar-refractivity contribution is -0.123. The van der Waals surface area contributed by atoms with E-state index in [-0.39, 0.29) is 11.3 Å². The highest BCUT2D eigenvalue weighted by atomic mass is 16.5. The minimum Gasteiger partial charge on any atom is -0.448 e. The van der Waals surface area contributed by atoms with E-state index in [9.17, 15) is 14.4 Å². The Balaban J connectivity index is 1.74. The number of aromatic nitrogens is 1. The van der Waals surface area contributed by atoms with Crippen LogP contribution in [-0.4, -0.2) is 23.0 Å². The second kappa shape index (κ2) is 7.45. The number of nitrogens with one attached hydrogen (secondary N) is 2. The summed E-state index contributed by atoms with van der Waals surface area (Å²) in [5.74, 6) is -1.21. The van der Waals surface area contributed by atoms with E-state index in [0.29, 0.717) is 16.5 Å². The van der Waals surface area contributed by atoms with Gasteiger partial charge in [0.05, 0.1) is 0 Å². The number of amides is 1. The molecule has 0 saturated carbocycles. The molecule has 6 nitrogen and oxygen atoms in total. The molecule has 138 valence electrons. The predicted octanol–water partition coefficient (Wildman–Crippen LogP) is 3.33. The molecule has 2 aromatic carbocycles. The molecule has 27 heavy (non-hydrogen) atoms. The SMILES string of the molecule is Cc1ccc(C)c(NC(=O)[C@@H](C)OC(=O)c2cc3ccccc3c(=O)[nH]2)c1. The average Bonchev–Trinajstić information content (AvgIpc) is 2.64. The van der Waals surface area contributed by atoms with Crippen LogP contribution in [0, 0.1) is 13.8 Å². The van der Waals surface area contributed by atoms with Crippen molar-refractivity contribution in [1.29, 1.82) is 0 Å². The van der Waals surface area contributed by atoms with Gasteiger partial charge in [-0.3, -0.25) is 9.59 Å². The number of pyridine rings is 1. The van der Waals surface area contributed by atoms with Gasteiger partial charge in [0.25, 0.3) is 11.5 Å². The van der Waals surface area contributed by atoms with E-state index in [0.717, 1.165) is 11.1 Å². The fourth-order valence-corrected chi connectivity index (χ4v) is 2.70. The Hall–Kier alpha value is -3.41. The van der Waals surface area contributed by atoms with Crippen LogP contribution in [0.2, 0.25) is 0 Å². The number of carbonyl (C=O) groups excluding carboxylic acids is 2. The molecule has 3 rings (SSSR count). The largest absolute Gasteiger partial charge is 0.448 e. The number of aromatic amines is 1. The van der Waals surface area contributed by atoms with Gasteiger partial charge in [0.2, 0.25) is 0 Å². The van der Waals surface area contributed by atoms with Gasteiger partial charge in [-0.05, 0) is 55.5 Å². The molecule has 0 unspecified atom stereocenters. The molecular weight excluding hydrogens is 344 g/mol. The topological polar surface area (TPSA) is 88.3 Å².